The van der Waals surface area contributed by atoms with E-state index >= 15 is 0 Å². The standard InChI is InChI=1S/C32H38F3N3O2S/c1-3-4-5-6-7-10-22(2)36-29(39)28-21-41-30(37-28)24-17-19-38(20-18-24)31(40)27-12-9-8-11-26(27)23-13-15-25(16-14-23)32(33,34)35/h8-9,11-16,21-22,24H,3-7,10,17-20H2,1-2H3,(H,36,39). The van der Waals surface area contributed by atoms with Gasteiger partial charge in [0.2, 0.25) is 0 Å². The van der Waals surface area contributed by atoms with Gasteiger partial charge in [0.25, 0.3) is 11.8 Å². The van der Waals surface area contributed by atoms with Crippen molar-refractivity contribution in [1.29, 1.82) is 0 Å². The molecule has 3 aromatic rings. The van der Waals surface area contributed by atoms with Gasteiger partial charge in [-0.05, 0) is 55.5 Å². The fraction of sp³-hybridized carbons (Fsp3) is 0.469. The monoisotopic (exact) mass is 585 g/mol. The molecule has 2 heterocycles. The molecule has 1 saturated heterocycles. The third-order valence-corrected chi connectivity index (χ3v) is 8.69. The van der Waals surface area contributed by atoms with Crippen LogP contribution in [0.1, 0.15) is 103 Å². The lowest BCUT2D eigenvalue weighted by Crippen LogP contribution is -2.38. The molecule has 5 nitrogen and oxygen atoms in total. The smallest absolute Gasteiger partial charge is 0.348 e. The number of nitrogens with zero attached hydrogens (tertiary/aromatic N) is 2. The second kappa shape index (κ2) is 14.1. The van der Waals surface area contributed by atoms with Crippen molar-refractivity contribution in [3.8, 4) is 11.1 Å². The van der Waals surface area contributed by atoms with Crippen LogP contribution in [0.15, 0.2) is 53.9 Å². The molecule has 2 aromatic carbocycles. The zero-order chi connectivity index (χ0) is 29.4. The van der Waals surface area contributed by atoms with Gasteiger partial charge < -0.3 is 10.2 Å². The van der Waals surface area contributed by atoms with Crippen LogP contribution in [0.3, 0.4) is 0 Å². The summed E-state index contributed by atoms with van der Waals surface area (Å²) in [5.41, 5.74) is 1.38. The van der Waals surface area contributed by atoms with Crippen molar-refractivity contribution in [3.63, 3.8) is 0 Å². The number of carbonyl (C=O) groups excluding carboxylic acids is 2. The highest BCUT2D eigenvalue weighted by Crippen LogP contribution is 2.34. The van der Waals surface area contributed by atoms with E-state index in [2.05, 4.69) is 17.2 Å². The zero-order valence-electron chi connectivity index (χ0n) is 23.7. The lowest BCUT2D eigenvalue weighted by Gasteiger charge is -2.31. The summed E-state index contributed by atoms with van der Waals surface area (Å²) in [6, 6.07) is 12.0. The maximum Gasteiger partial charge on any atom is 0.416 e. The van der Waals surface area contributed by atoms with Gasteiger partial charge in [-0.15, -0.1) is 11.3 Å². The van der Waals surface area contributed by atoms with Gasteiger partial charge in [0, 0.05) is 36.0 Å². The molecule has 1 fully saturated rings. The van der Waals surface area contributed by atoms with Crippen LogP contribution in [0.5, 0.6) is 0 Å². The number of hydrogen-bond acceptors (Lipinski definition) is 4. The van der Waals surface area contributed by atoms with Gasteiger partial charge >= 0.3 is 6.18 Å². The Morgan fingerprint density at radius 1 is 1.02 bits per heavy atom. The van der Waals surface area contributed by atoms with Crippen LogP contribution in [0, 0.1) is 0 Å². The first kappa shape index (κ1) is 30.8. The summed E-state index contributed by atoms with van der Waals surface area (Å²) in [7, 11) is 0. The first-order valence-corrected chi connectivity index (χ1v) is 15.4. The molecule has 1 atom stereocenters. The summed E-state index contributed by atoms with van der Waals surface area (Å²) in [4.78, 5) is 32.6. The molecule has 220 valence electrons. The molecule has 0 radical (unpaired) electrons. The van der Waals surface area contributed by atoms with Crippen molar-refractivity contribution in [2.45, 2.75) is 83.4 Å². The average Bonchev–Trinajstić information content (AvgIpc) is 3.47. The fourth-order valence-electron chi connectivity index (χ4n) is 5.26. The molecule has 1 aromatic heterocycles. The van der Waals surface area contributed by atoms with Crippen molar-refractivity contribution < 1.29 is 22.8 Å². The Morgan fingerprint density at radius 2 is 1.71 bits per heavy atom. The van der Waals surface area contributed by atoms with Gasteiger partial charge in [-0.25, -0.2) is 4.98 Å². The number of thiazole rings is 1. The van der Waals surface area contributed by atoms with Crippen LogP contribution < -0.4 is 5.32 Å². The van der Waals surface area contributed by atoms with Crippen molar-refractivity contribution in [2.75, 3.05) is 13.1 Å². The molecule has 1 unspecified atom stereocenters. The van der Waals surface area contributed by atoms with Gasteiger partial charge in [-0.3, -0.25) is 9.59 Å². The molecule has 1 aliphatic heterocycles. The highest BCUT2D eigenvalue weighted by molar-refractivity contribution is 7.09. The molecule has 1 N–H and O–H groups in total. The normalized spacial score (nSPS) is 15.1. The Balaban J connectivity index is 1.32. The highest BCUT2D eigenvalue weighted by atomic mass is 32.1. The largest absolute Gasteiger partial charge is 0.416 e. The van der Waals surface area contributed by atoms with E-state index < -0.39 is 11.7 Å². The van der Waals surface area contributed by atoms with Crippen molar-refractivity contribution in [3.05, 3.63) is 75.7 Å². The molecule has 0 spiro atoms. The van der Waals surface area contributed by atoms with Gasteiger partial charge in [0.15, 0.2) is 0 Å². The topological polar surface area (TPSA) is 62.3 Å². The van der Waals surface area contributed by atoms with E-state index in [1.165, 1.54) is 49.2 Å². The predicted molar refractivity (Wildman–Crippen MR) is 157 cm³/mol. The summed E-state index contributed by atoms with van der Waals surface area (Å²) in [6.45, 7) is 5.32. The van der Waals surface area contributed by atoms with Gasteiger partial charge in [-0.2, -0.15) is 13.2 Å². The summed E-state index contributed by atoms with van der Waals surface area (Å²) < 4.78 is 39.0. The van der Waals surface area contributed by atoms with E-state index in [0.29, 0.717) is 35.5 Å². The number of benzene rings is 2. The molecular weight excluding hydrogens is 547 g/mol. The number of halogens is 3. The Kier molecular flexibility index (Phi) is 10.6. The van der Waals surface area contributed by atoms with E-state index in [1.54, 1.807) is 29.2 Å². The van der Waals surface area contributed by atoms with Gasteiger partial charge in [-0.1, -0.05) is 69.4 Å². The SMILES string of the molecule is CCCCCCCC(C)NC(=O)c1csc(C2CCN(C(=O)c3ccccc3-c3ccc(C(F)(F)F)cc3)CC2)n1. The molecule has 9 heteroatoms. The van der Waals surface area contributed by atoms with Gasteiger partial charge in [0.05, 0.1) is 10.6 Å². The zero-order valence-corrected chi connectivity index (χ0v) is 24.5. The minimum Gasteiger partial charge on any atom is -0.348 e. The second-order valence-electron chi connectivity index (χ2n) is 10.8. The summed E-state index contributed by atoms with van der Waals surface area (Å²) in [5.74, 6) is -0.102. The molecule has 1 aliphatic rings. The van der Waals surface area contributed by atoms with Crippen LogP contribution in [0.25, 0.3) is 11.1 Å². The lowest BCUT2D eigenvalue weighted by molar-refractivity contribution is -0.137. The number of likely N-dealkylation sites (tertiary alicyclic amines) is 1. The number of amides is 2. The van der Waals surface area contributed by atoms with Crippen molar-refractivity contribution in [2.24, 2.45) is 0 Å². The molecule has 4 rings (SSSR count). The summed E-state index contributed by atoms with van der Waals surface area (Å²) in [5, 5.41) is 5.80. The van der Waals surface area contributed by atoms with Crippen molar-refractivity contribution in [1.82, 2.24) is 15.2 Å². The quantitative estimate of drug-likeness (QED) is 0.230. The second-order valence-corrected chi connectivity index (χ2v) is 11.7. The van der Waals surface area contributed by atoms with Crippen LogP contribution in [0.4, 0.5) is 13.2 Å². The minimum atomic E-state index is -4.41. The minimum absolute atomic E-state index is 0.106. The fourth-order valence-corrected chi connectivity index (χ4v) is 6.23. The maximum atomic E-state index is 13.5. The predicted octanol–water partition coefficient (Wildman–Crippen LogP) is 8.33. The van der Waals surface area contributed by atoms with E-state index in [4.69, 9.17) is 0 Å². The third-order valence-electron chi connectivity index (χ3n) is 7.68. The van der Waals surface area contributed by atoms with Crippen LogP contribution in [-0.4, -0.2) is 40.8 Å². The number of aromatic nitrogens is 1. The highest BCUT2D eigenvalue weighted by Gasteiger charge is 2.31. The van der Waals surface area contributed by atoms with Crippen LogP contribution in [0.2, 0.25) is 0 Å². The number of piperidine rings is 1. The molecular formula is C32H38F3N3O2S. The molecule has 0 bridgehead atoms. The average molecular weight is 586 g/mol. The van der Waals surface area contributed by atoms with Gasteiger partial charge in [0.1, 0.15) is 5.69 Å². The number of unbranched alkanes of at least 4 members (excludes halogenated alkanes) is 4. The first-order valence-electron chi connectivity index (χ1n) is 14.5. The third kappa shape index (κ3) is 8.18. The number of rotatable bonds is 11. The molecule has 0 aliphatic carbocycles. The Hall–Kier alpha value is -3.20. The molecule has 0 saturated carbocycles. The van der Waals surface area contributed by atoms with Crippen LogP contribution >= 0.6 is 11.3 Å². The Labute approximate surface area is 244 Å². The number of nitrogens with one attached hydrogen (secondary N) is 1. The molecule has 41 heavy (non-hydrogen) atoms. The Bertz CT molecular complexity index is 1300. The van der Waals surface area contributed by atoms with E-state index in [1.807, 2.05) is 12.3 Å². The maximum absolute atomic E-state index is 13.5. The van der Waals surface area contributed by atoms with Crippen molar-refractivity contribution >= 4 is 23.2 Å². The number of hydrogen-bond donors (Lipinski definition) is 1. The van der Waals surface area contributed by atoms with E-state index in [-0.39, 0.29) is 23.8 Å². The van der Waals surface area contributed by atoms with Crippen LogP contribution in [-0.2, 0) is 6.18 Å². The van der Waals surface area contributed by atoms with E-state index in [9.17, 15) is 22.8 Å². The summed E-state index contributed by atoms with van der Waals surface area (Å²) in [6.07, 6.45) is 4.02. The first-order chi connectivity index (χ1) is 19.7. The van der Waals surface area contributed by atoms with E-state index in [0.717, 1.165) is 42.8 Å². The molecule has 2 amide bonds. The number of carbonyl (C=O) groups is 2. The summed E-state index contributed by atoms with van der Waals surface area (Å²) >= 11 is 1.49. The Morgan fingerprint density at radius 3 is 2.39 bits per heavy atom. The lowest BCUT2D eigenvalue weighted by atomic mass is 9.94. The number of alkyl halides is 3.